The molecule has 136 valence electrons. The van der Waals surface area contributed by atoms with Crippen LogP contribution in [0.25, 0.3) is 0 Å². The molecule has 0 spiro atoms. The summed E-state index contributed by atoms with van der Waals surface area (Å²) in [6, 6.07) is 10.1. The van der Waals surface area contributed by atoms with Gasteiger partial charge < -0.3 is 15.4 Å². The lowest BCUT2D eigenvalue weighted by Crippen LogP contribution is -2.28. The molecule has 2 aromatic rings. The van der Waals surface area contributed by atoms with Crippen molar-refractivity contribution < 1.29 is 18.3 Å². The van der Waals surface area contributed by atoms with Gasteiger partial charge in [-0.3, -0.25) is 4.79 Å². The van der Waals surface area contributed by atoms with Gasteiger partial charge in [0.1, 0.15) is 12.4 Å². The molecule has 2 aromatic carbocycles. The third-order valence-electron chi connectivity index (χ3n) is 3.44. The van der Waals surface area contributed by atoms with Crippen LogP contribution in [0.5, 0.6) is 5.75 Å². The standard InChI is InChI=1S/C18H20F2N2O2.ClH/c1-12(10-21-2)18(23)22-15-6-7-17(16(20)9-15)24-11-13-4-3-5-14(19)8-13;/h3-9,12,21H,10-11H2,1-2H3,(H,22,23);1H. The monoisotopic (exact) mass is 370 g/mol. The molecule has 7 heteroatoms. The quantitative estimate of drug-likeness (QED) is 0.780. The first-order valence-electron chi connectivity index (χ1n) is 7.62. The van der Waals surface area contributed by atoms with E-state index in [1.165, 1.54) is 24.3 Å². The molecule has 4 nitrogen and oxygen atoms in total. The minimum Gasteiger partial charge on any atom is -0.486 e. The number of rotatable bonds is 7. The molecule has 0 aliphatic heterocycles. The third-order valence-corrected chi connectivity index (χ3v) is 3.44. The fraction of sp³-hybridized carbons (Fsp3) is 0.278. The third kappa shape index (κ3) is 6.32. The van der Waals surface area contributed by atoms with Gasteiger partial charge in [0.05, 0.1) is 0 Å². The average Bonchev–Trinajstić information content (AvgIpc) is 2.54. The van der Waals surface area contributed by atoms with Crippen LogP contribution < -0.4 is 15.4 Å². The van der Waals surface area contributed by atoms with Gasteiger partial charge in [0.2, 0.25) is 5.91 Å². The van der Waals surface area contributed by atoms with Gasteiger partial charge in [-0.2, -0.15) is 0 Å². The Morgan fingerprint density at radius 2 is 1.96 bits per heavy atom. The molecule has 0 saturated heterocycles. The zero-order chi connectivity index (χ0) is 17.5. The molecule has 1 amide bonds. The maximum atomic E-state index is 14.1. The van der Waals surface area contributed by atoms with Crippen LogP contribution in [0.2, 0.25) is 0 Å². The molecular formula is C18H21ClF2N2O2. The normalized spacial score (nSPS) is 11.4. The maximum absolute atomic E-state index is 14.1. The summed E-state index contributed by atoms with van der Waals surface area (Å²) in [7, 11) is 1.76. The minimum atomic E-state index is -0.592. The van der Waals surface area contributed by atoms with E-state index < -0.39 is 5.82 Å². The number of amides is 1. The molecule has 0 heterocycles. The number of halogens is 3. The second-order valence-electron chi connectivity index (χ2n) is 5.51. The van der Waals surface area contributed by atoms with E-state index in [-0.39, 0.29) is 42.4 Å². The topological polar surface area (TPSA) is 50.4 Å². The number of nitrogens with one attached hydrogen (secondary N) is 2. The summed E-state index contributed by atoms with van der Waals surface area (Å²) in [5, 5.41) is 5.56. The van der Waals surface area contributed by atoms with Crippen molar-refractivity contribution in [3.05, 3.63) is 59.7 Å². The van der Waals surface area contributed by atoms with Crippen molar-refractivity contribution in [2.45, 2.75) is 13.5 Å². The van der Waals surface area contributed by atoms with Gasteiger partial charge in [0, 0.05) is 24.2 Å². The minimum absolute atomic E-state index is 0. The summed E-state index contributed by atoms with van der Waals surface area (Å²) in [6.45, 7) is 2.36. The van der Waals surface area contributed by atoms with Crippen LogP contribution in [0.1, 0.15) is 12.5 Å². The predicted molar refractivity (Wildman–Crippen MR) is 96.1 cm³/mol. The first-order valence-corrected chi connectivity index (χ1v) is 7.62. The van der Waals surface area contributed by atoms with Crippen LogP contribution in [0.4, 0.5) is 14.5 Å². The van der Waals surface area contributed by atoms with Crippen molar-refractivity contribution in [3.8, 4) is 5.75 Å². The molecule has 0 aliphatic rings. The Hall–Kier alpha value is -2.18. The highest BCUT2D eigenvalue weighted by atomic mass is 35.5. The second-order valence-corrected chi connectivity index (χ2v) is 5.51. The van der Waals surface area contributed by atoms with Gasteiger partial charge in [-0.1, -0.05) is 19.1 Å². The van der Waals surface area contributed by atoms with Gasteiger partial charge in [0.15, 0.2) is 11.6 Å². The number of ether oxygens (including phenoxy) is 1. The first-order chi connectivity index (χ1) is 11.5. The summed E-state index contributed by atoms with van der Waals surface area (Å²) in [4.78, 5) is 11.9. The van der Waals surface area contributed by atoms with Crippen LogP contribution in [0, 0.1) is 17.6 Å². The predicted octanol–water partition coefficient (Wildman–Crippen LogP) is 3.76. The van der Waals surface area contributed by atoms with Crippen molar-refractivity contribution in [2.75, 3.05) is 18.9 Å². The Kier molecular flexibility index (Phi) is 8.31. The summed E-state index contributed by atoms with van der Waals surface area (Å²) in [5.41, 5.74) is 0.964. The largest absolute Gasteiger partial charge is 0.486 e. The Labute approximate surface area is 152 Å². The highest BCUT2D eigenvalue weighted by Crippen LogP contribution is 2.22. The number of carbonyl (C=O) groups is 1. The summed E-state index contributed by atoms with van der Waals surface area (Å²) < 4.78 is 32.5. The van der Waals surface area contributed by atoms with Crippen LogP contribution in [0.15, 0.2) is 42.5 Å². The summed E-state index contributed by atoms with van der Waals surface area (Å²) in [6.07, 6.45) is 0. The van der Waals surface area contributed by atoms with E-state index in [0.29, 0.717) is 17.8 Å². The molecule has 0 bridgehead atoms. The Balaban J connectivity index is 0.00000312. The number of hydrogen-bond acceptors (Lipinski definition) is 3. The molecule has 25 heavy (non-hydrogen) atoms. The van der Waals surface area contributed by atoms with Gasteiger partial charge in [-0.15, -0.1) is 12.4 Å². The maximum Gasteiger partial charge on any atom is 0.228 e. The SMILES string of the molecule is CNCC(C)C(=O)Nc1ccc(OCc2cccc(F)c2)c(F)c1.Cl. The zero-order valence-electron chi connectivity index (χ0n) is 14.0. The Bertz CT molecular complexity index is 713. The van der Waals surface area contributed by atoms with Crippen LogP contribution >= 0.6 is 12.4 Å². The lowest BCUT2D eigenvalue weighted by atomic mass is 10.1. The molecule has 1 atom stereocenters. The lowest BCUT2D eigenvalue weighted by Gasteiger charge is -2.13. The van der Waals surface area contributed by atoms with E-state index in [1.807, 2.05) is 0 Å². The van der Waals surface area contributed by atoms with E-state index in [9.17, 15) is 13.6 Å². The number of carbonyl (C=O) groups excluding carboxylic acids is 1. The molecule has 0 aliphatic carbocycles. The molecule has 0 aromatic heterocycles. The summed E-state index contributed by atoms with van der Waals surface area (Å²) >= 11 is 0. The van der Waals surface area contributed by atoms with E-state index in [1.54, 1.807) is 32.2 Å². The van der Waals surface area contributed by atoms with Crippen LogP contribution in [-0.2, 0) is 11.4 Å². The van der Waals surface area contributed by atoms with E-state index in [0.717, 1.165) is 0 Å². The Morgan fingerprint density at radius 1 is 1.20 bits per heavy atom. The lowest BCUT2D eigenvalue weighted by molar-refractivity contribution is -0.119. The molecule has 2 rings (SSSR count). The first kappa shape index (κ1) is 20.9. The molecule has 0 radical (unpaired) electrons. The number of hydrogen-bond donors (Lipinski definition) is 2. The van der Waals surface area contributed by atoms with Gasteiger partial charge in [-0.25, -0.2) is 8.78 Å². The van der Waals surface area contributed by atoms with E-state index in [2.05, 4.69) is 10.6 Å². The van der Waals surface area contributed by atoms with Crippen molar-refractivity contribution in [1.82, 2.24) is 5.32 Å². The highest BCUT2D eigenvalue weighted by Gasteiger charge is 2.13. The van der Waals surface area contributed by atoms with E-state index >= 15 is 0 Å². The fourth-order valence-electron chi connectivity index (χ4n) is 2.15. The number of anilines is 1. The zero-order valence-corrected chi connectivity index (χ0v) is 14.8. The van der Waals surface area contributed by atoms with Gasteiger partial charge >= 0.3 is 0 Å². The highest BCUT2D eigenvalue weighted by molar-refractivity contribution is 5.92. The van der Waals surface area contributed by atoms with E-state index in [4.69, 9.17) is 4.74 Å². The van der Waals surface area contributed by atoms with Crippen LogP contribution in [-0.4, -0.2) is 19.5 Å². The van der Waals surface area contributed by atoms with Crippen molar-refractivity contribution in [3.63, 3.8) is 0 Å². The molecular weight excluding hydrogens is 350 g/mol. The number of benzene rings is 2. The fourth-order valence-corrected chi connectivity index (χ4v) is 2.15. The summed E-state index contributed by atoms with van der Waals surface area (Å²) in [5.74, 6) is -1.35. The second kappa shape index (κ2) is 9.96. The average molecular weight is 371 g/mol. The van der Waals surface area contributed by atoms with Crippen molar-refractivity contribution in [1.29, 1.82) is 0 Å². The molecule has 0 fully saturated rings. The van der Waals surface area contributed by atoms with Crippen LogP contribution in [0.3, 0.4) is 0 Å². The molecule has 1 unspecified atom stereocenters. The molecule has 2 N–H and O–H groups in total. The smallest absolute Gasteiger partial charge is 0.228 e. The van der Waals surface area contributed by atoms with Gasteiger partial charge in [-0.05, 0) is 36.9 Å². The molecule has 0 saturated carbocycles. The Morgan fingerprint density at radius 3 is 2.60 bits per heavy atom. The van der Waals surface area contributed by atoms with Crippen molar-refractivity contribution >= 4 is 24.0 Å². The van der Waals surface area contributed by atoms with Crippen molar-refractivity contribution in [2.24, 2.45) is 5.92 Å². The van der Waals surface area contributed by atoms with Gasteiger partial charge in [0.25, 0.3) is 0 Å².